The first-order valence-electron chi connectivity index (χ1n) is 9.19. The first-order valence-corrected chi connectivity index (χ1v) is 9.19. The summed E-state index contributed by atoms with van der Waals surface area (Å²) < 4.78 is 5.89. The van der Waals surface area contributed by atoms with Crippen molar-refractivity contribution in [2.75, 3.05) is 32.8 Å². The summed E-state index contributed by atoms with van der Waals surface area (Å²) in [4.78, 5) is 28.4. The highest BCUT2D eigenvalue weighted by Gasteiger charge is 2.32. The van der Waals surface area contributed by atoms with Crippen molar-refractivity contribution in [1.82, 2.24) is 9.80 Å². The molecule has 2 aliphatic rings. The van der Waals surface area contributed by atoms with Crippen LogP contribution in [0.1, 0.15) is 52.9 Å². The van der Waals surface area contributed by atoms with E-state index in [0.29, 0.717) is 25.0 Å². The highest BCUT2D eigenvalue weighted by atomic mass is 16.5. The highest BCUT2D eigenvalue weighted by molar-refractivity contribution is 5.81. The number of rotatable bonds is 5. The van der Waals surface area contributed by atoms with E-state index >= 15 is 0 Å². The minimum absolute atomic E-state index is 0.00705. The van der Waals surface area contributed by atoms with E-state index in [1.807, 2.05) is 16.7 Å². The Bertz CT molecular complexity index is 403. The van der Waals surface area contributed by atoms with Gasteiger partial charge in [0.1, 0.15) is 0 Å². The molecule has 0 aromatic carbocycles. The molecule has 2 aliphatic heterocycles. The van der Waals surface area contributed by atoms with E-state index in [2.05, 4.69) is 13.8 Å². The van der Waals surface area contributed by atoms with E-state index in [1.165, 1.54) is 0 Å². The number of hydrogen-bond donors (Lipinski definition) is 0. The fourth-order valence-electron chi connectivity index (χ4n) is 3.46. The Morgan fingerprint density at radius 3 is 2.39 bits per heavy atom. The fraction of sp³-hybridized carbons (Fsp3) is 0.889. The van der Waals surface area contributed by atoms with Crippen LogP contribution in [0, 0.1) is 11.8 Å². The topological polar surface area (TPSA) is 49.9 Å². The van der Waals surface area contributed by atoms with Gasteiger partial charge in [0.15, 0.2) is 0 Å². The fourth-order valence-corrected chi connectivity index (χ4v) is 3.46. The lowest BCUT2D eigenvalue weighted by atomic mass is 9.95. The molecule has 0 N–H and O–H groups in total. The summed E-state index contributed by atoms with van der Waals surface area (Å²) in [5.41, 5.74) is 0. The van der Waals surface area contributed by atoms with Crippen LogP contribution < -0.4 is 0 Å². The van der Waals surface area contributed by atoms with Gasteiger partial charge in [-0.25, -0.2) is 0 Å². The number of likely N-dealkylation sites (tertiary alicyclic amines) is 2. The van der Waals surface area contributed by atoms with E-state index < -0.39 is 0 Å². The molecule has 5 nitrogen and oxygen atoms in total. The molecular formula is C18H32N2O3. The largest absolute Gasteiger partial charge is 0.378 e. The molecule has 0 radical (unpaired) electrons. The monoisotopic (exact) mass is 324 g/mol. The second kappa shape index (κ2) is 8.67. The van der Waals surface area contributed by atoms with Gasteiger partial charge < -0.3 is 14.5 Å². The lowest BCUT2D eigenvalue weighted by Crippen LogP contribution is -2.49. The number of carbonyl (C=O) groups is 2. The molecule has 0 spiro atoms. The van der Waals surface area contributed by atoms with Crippen molar-refractivity contribution in [3.05, 3.63) is 0 Å². The maximum absolute atomic E-state index is 12.7. The summed E-state index contributed by atoms with van der Waals surface area (Å²) in [6, 6.07) is 0. The van der Waals surface area contributed by atoms with Gasteiger partial charge in [-0.15, -0.1) is 0 Å². The molecule has 132 valence electrons. The van der Waals surface area contributed by atoms with E-state index in [1.54, 1.807) is 0 Å². The summed E-state index contributed by atoms with van der Waals surface area (Å²) in [5.74, 6) is 0.954. The van der Waals surface area contributed by atoms with E-state index in [-0.39, 0.29) is 17.7 Å². The van der Waals surface area contributed by atoms with E-state index in [4.69, 9.17) is 4.74 Å². The molecule has 2 amide bonds. The van der Waals surface area contributed by atoms with Gasteiger partial charge in [0, 0.05) is 39.2 Å². The molecule has 2 saturated heterocycles. The predicted molar refractivity (Wildman–Crippen MR) is 90.0 cm³/mol. The smallest absolute Gasteiger partial charge is 0.227 e. The number of carbonyl (C=O) groups excluding carboxylic acids is 2. The van der Waals surface area contributed by atoms with Crippen molar-refractivity contribution in [2.45, 2.75) is 59.0 Å². The number of ether oxygens (including phenoxy) is 1. The molecule has 1 atom stereocenters. The van der Waals surface area contributed by atoms with Gasteiger partial charge in [0.25, 0.3) is 0 Å². The molecular weight excluding hydrogens is 292 g/mol. The number of amides is 2. The van der Waals surface area contributed by atoms with Gasteiger partial charge in [0.2, 0.25) is 11.8 Å². The zero-order valence-electron chi connectivity index (χ0n) is 14.9. The van der Waals surface area contributed by atoms with E-state index in [9.17, 15) is 9.59 Å². The van der Waals surface area contributed by atoms with Crippen molar-refractivity contribution < 1.29 is 14.3 Å². The van der Waals surface area contributed by atoms with Gasteiger partial charge in [-0.2, -0.15) is 0 Å². The molecule has 0 bridgehead atoms. The third-order valence-electron chi connectivity index (χ3n) is 4.84. The summed E-state index contributed by atoms with van der Waals surface area (Å²) in [7, 11) is 0. The van der Waals surface area contributed by atoms with Crippen molar-refractivity contribution in [3.63, 3.8) is 0 Å². The normalized spacial score (nSPS) is 23.4. The van der Waals surface area contributed by atoms with Crippen LogP contribution >= 0.6 is 0 Å². The summed E-state index contributed by atoms with van der Waals surface area (Å²) in [6.07, 6.45) is 4.54. The lowest BCUT2D eigenvalue weighted by molar-refractivity contribution is -0.142. The van der Waals surface area contributed by atoms with Crippen LogP contribution in [-0.2, 0) is 14.3 Å². The van der Waals surface area contributed by atoms with E-state index in [0.717, 1.165) is 51.9 Å². The quantitative estimate of drug-likeness (QED) is 0.780. The van der Waals surface area contributed by atoms with Gasteiger partial charge >= 0.3 is 0 Å². The van der Waals surface area contributed by atoms with Crippen LogP contribution in [0.25, 0.3) is 0 Å². The SMILES string of the molecule is CCC(=O)N1CCCC(C(=O)N2CCC(OCC(C)C)CC2)C1. The molecule has 1 unspecified atom stereocenters. The molecule has 2 heterocycles. The maximum atomic E-state index is 12.7. The second-order valence-electron chi connectivity index (χ2n) is 7.28. The van der Waals surface area contributed by atoms with Crippen LogP contribution in [0.5, 0.6) is 0 Å². The Morgan fingerprint density at radius 1 is 1.09 bits per heavy atom. The third kappa shape index (κ3) is 5.20. The van der Waals surface area contributed by atoms with Gasteiger partial charge in [-0.05, 0) is 31.6 Å². The van der Waals surface area contributed by atoms with Crippen molar-refractivity contribution in [1.29, 1.82) is 0 Å². The standard InChI is InChI=1S/C18H32N2O3/c1-4-17(21)20-9-5-6-15(12-20)18(22)19-10-7-16(8-11-19)23-13-14(2)3/h14-16H,4-13H2,1-3H3. The molecule has 0 saturated carbocycles. The zero-order valence-corrected chi connectivity index (χ0v) is 14.9. The first kappa shape index (κ1) is 18.2. The molecule has 5 heteroatoms. The summed E-state index contributed by atoms with van der Waals surface area (Å²) in [6.45, 7) is 10.00. The van der Waals surface area contributed by atoms with Gasteiger partial charge in [-0.3, -0.25) is 9.59 Å². The van der Waals surface area contributed by atoms with Crippen molar-refractivity contribution >= 4 is 11.8 Å². The second-order valence-corrected chi connectivity index (χ2v) is 7.28. The number of nitrogens with zero attached hydrogens (tertiary/aromatic N) is 2. The Kier molecular flexibility index (Phi) is 6.88. The minimum atomic E-state index is -0.00705. The highest BCUT2D eigenvalue weighted by Crippen LogP contribution is 2.22. The average Bonchev–Trinajstić information content (AvgIpc) is 2.59. The molecule has 0 aliphatic carbocycles. The predicted octanol–water partition coefficient (Wildman–Crippen LogP) is 2.30. The summed E-state index contributed by atoms with van der Waals surface area (Å²) in [5, 5.41) is 0. The number of piperidine rings is 2. The number of hydrogen-bond acceptors (Lipinski definition) is 3. The van der Waals surface area contributed by atoms with Gasteiger partial charge in [-0.1, -0.05) is 20.8 Å². The van der Waals surface area contributed by atoms with Gasteiger partial charge in [0.05, 0.1) is 12.0 Å². The maximum Gasteiger partial charge on any atom is 0.227 e. The molecule has 2 fully saturated rings. The van der Waals surface area contributed by atoms with Crippen LogP contribution in [0.2, 0.25) is 0 Å². The Hall–Kier alpha value is -1.10. The third-order valence-corrected chi connectivity index (χ3v) is 4.84. The molecule has 2 rings (SSSR count). The summed E-state index contributed by atoms with van der Waals surface area (Å²) >= 11 is 0. The van der Waals surface area contributed by atoms with Crippen LogP contribution in [0.4, 0.5) is 0 Å². The van der Waals surface area contributed by atoms with Crippen molar-refractivity contribution in [3.8, 4) is 0 Å². The molecule has 0 aromatic heterocycles. The van der Waals surface area contributed by atoms with Crippen LogP contribution in [0.15, 0.2) is 0 Å². The molecule has 23 heavy (non-hydrogen) atoms. The van der Waals surface area contributed by atoms with Crippen molar-refractivity contribution in [2.24, 2.45) is 11.8 Å². The zero-order chi connectivity index (χ0) is 16.8. The Balaban J connectivity index is 1.79. The lowest BCUT2D eigenvalue weighted by Gasteiger charge is -2.37. The average molecular weight is 324 g/mol. The minimum Gasteiger partial charge on any atom is -0.378 e. The van der Waals surface area contributed by atoms with Crippen LogP contribution in [-0.4, -0.2) is 60.5 Å². The Labute approximate surface area is 140 Å². The van der Waals surface area contributed by atoms with Crippen LogP contribution in [0.3, 0.4) is 0 Å². The Morgan fingerprint density at radius 2 is 1.78 bits per heavy atom. The first-order chi connectivity index (χ1) is 11.0. The molecule has 0 aromatic rings.